The van der Waals surface area contributed by atoms with E-state index in [1.807, 2.05) is 70.3 Å². The largest absolute Gasteiger partial charge is 0.314 e. The van der Waals surface area contributed by atoms with Crippen LogP contribution in [0.3, 0.4) is 0 Å². The highest BCUT2D eigenvalue weighted by Crippen LogP contribution is 2.27. The SMILES string of the molecule is CC.CC.CCCn1ccc2nc(-c3ccccc3)sc2c1=O. The van der Waals surface area contributed by atoms with E-state index in [0.717, 1.165) is 33.8 Å². The summed E-state index contributed by atoms with van der Waals surface area (Å²) in [6.07, 6.45) is 2.79. The van der Waals surface area contributed by atoms with E-state index in [1.54, 1.807) is 4.57 Å². The Bertz CT molecular complexity index is 760. The average Bonchev–Trinajstić information content (AvgIpc) is 3.07. The molecule has 0 unspecified atom stereocenters. The molecule has 0 atom stereocenters. The molecule has 0 spiro atoms. The molecule has 23 heavy (non-hydrogen) atoms. The van der Waals surface area contributed by atoms with Crippen LogP contribution < -0.4 is 5.56 Å². The molecule has 2 heterocycles. The highest BCUT2D eigenvalue weighted by Gasteiger charge is 2.10. The molecule has 0 saturated carbocycles. The van der Waals surface area contributed by atoms with Gasteiger partial charge in [-0.15, -0.1) is 11.3 Å². The van der Waals surface area contributed by atoms with Crippen molar-refractivity contribution in [3.63, 3.8) is 0 Å². The monoisotopic (exact) mass is 330 g/mol. The molecule has 3 nitrogen and oxygen atoms in total. The zero-order chi connectivity index (χ0) is 17.2. The Kier molecular flexibility index (Phi) is 8.27. The third-order valence-corrected chi connectivity index (χ3v) is 4.11. The lowest BCUT2D eigenvalue weighted by atomic mass is 10.2. The van der Waals surface area contributed by atoms with Crippen molar-refractivity contribution in [1.82, 2.24) is 9.55 Å². The van der Waals surface area contributed by atoms with Crippen molar-refractivity contribution < 1.29 is 0 Å². The van der Waals surface area contributed by atoms with Crippen LogP contribution in [0, 0.1) is 0 Å². The van der Waals surface area contributed by atoms with Crippen LogP contribution >= 0.6 is 11.3 Å². The first-order chi connectivity index (χ1) is 11.3. The minimum absolute atomic E-state index is 0.0685. The van der Waals surface area contributed by atoms with Crippen LogP contribution in [0.1, 0.15) is 41.0 Å². The Morgan fingerprint density at radius 1 is 1.04 bits per heavy atom. The van der Waals surface area contributed by atoms with Crippen LogP contribution in [0.2, 0.25) is 0 Å². The minimum atomic E-state index is 0.0685. The fourth-order valence-electron chi connectivity index (χ4n) is 2.08. The first-order valence-electron chi connectivity index (χ1n) is 8.35. The Labute approximate surface area is 142 Å². The Morgan fingerprint density at radius 2 is 1.70 bits per heavy atom. The molecule has 1 aromatic carbocycles. The standard InChI is InChI=1S/C15H14N2OS.2C2H6/c1-2-9-17-10-8-12-13(15(17)18)19-14(16-12)11-6-4-3-5-7-11;2*1-2/h3-8,10H,2,9H2,1H3;2*1-2H3. The van der Waals surface area contributed by atoms with Gasteiger partial charge in [0.2, 0.25) is 0 Å². The number of hydrogen-bond acceptors (Lipinski definition) is 3. The molecule has 0 aliphatic carbocycles. The zero-order valence-corrected chi connectivity index (χ0v) is 15.5. The van der Waals surface area contributed by atoms with Crippen LogP contribution in [0.25, 0.3) is 20.8 Å². The second kappa shape index (κ2) is 9.95. The summed E-state index contributed by atoms with van der Waals surface area (Å²) in [6, 6.07) is 11.9. The minimum Gasteiger partial charge on any atom is -0.314 e. The van der Waals surface area contributed by atoms with Gasteiger partial charge in [0.25, 0.3) is 5.56 Å². The number of thiazole rings is 1. The maximum absolute atomic E-state index is 12.3. The normalized spacial score (nSPS) is 9.61. The van der Waals surface area contributed by atoms with Crippen molar-refractivity contribution in [3.05, 3.63) is 52.9 Å². The maximum atomic E-state index is 12.3. The highest BCUT2D eigenvalue weighted by atomic mass is 32.1. The van der Waals surface area contributed by atoms with Crippen LogP contribution in [0.15, 0.2) is 47.4 Å². The molecule has 3 rings (SSSR count). The number of rotatable bonds is 3. The van der Waals surface area contributed by atoms with Gasteiger partial charge < -0.3 is 4.57 Å². The number of nitrogens with zero attached hydrogens (tertiary/aromatic N) is 2. The topological polar surface area (TPSA) is 34.9 Å². The number of hydrogen-bond donors (Lipinski definition) is 0. The summed E-state index contributed by atoms with van der Waals surface area (Å²) in [7, 11) is 0. The van der Waals surface area contributed by atoms with E-state index in [0.29, 0.717) is 0 Å². The van der Waals surface area contributed by atoms with Crippen LogP contribution in [0.4, 0.5) is 0 Å². The summed E-state index contributed by atoms with van der Waals surface area (Å²) in [5.74, 6) is 0. The van der Waals surface area contributed by atoms with E-state index >= 15 is 0 Å². The second-order valence-electron chi connectivity index (χ2n) is 4.41. The lowest BCUT2D eigenvalue weighted by molar-refractivity contribution is 0.660. The van der Waals surface area contributed by atoms with Crippen molar-refractivity contribution in [2.24, 2.45) is 0 Å². The van der Waals surface area contributed by atoms with Crippen molar-refractivity contribution in [3.8, 4) is 10.6 Å². The molecule has 0 aliphatic heterocycles. The van der Waals surface area contributed by atoms with E-state index < -0.39 is 0 Å². The molecule has 4 heteroatoms. The van der Waals surface area contributed by atoms with Gasteiger partial charge in [0.1, 0.15) is 9.71 Å². The fraction of sp³-hybridized carbons (Fsp3) is 0.368. The van der Waals surface area contributed by atoms with Crippen LogP contribution in [0.5, 0.6) is 0 Å². The number of aromatic nitrogens is 2. The third kappa shape index (κ3) is 4.52. The number of pyridine rings is 1. The summed E-state index contributed by atoms with van der Waals surface area (Å²) in [5, 5.41) is 0.905. The predicted molar refractivity (Wildman–Crippen MR) is 102 cm³/mol. The van der Waals surface area contributed by atoms with Gasteiger partial charge in [-0.05, 0) is 12.5 Å². The zero-order valence-electron chi connectivity index (χ0n) is 14.7. The molecule has 0 bridgehead atoms. The van der Waals surface area contributed by atoms with Crippen molar-refractivity contribution in [2.75, 3.05) is 0 Å². The van der Waals surface area contributed by atoms with E-state index in [9.17, 15) is 4.79 Å². The van der Waals surface area contributed by atoms with E-state index in [-0.39, 0.29) is 5.56 Å². The Morgan fingerprint density at radius 3 is 2.30 bits per heavy atom. The fourth-order valence-corrected chi connectivity index (χ4v) is 3.09. The molecule has 124 valence electrons. The van der Waals surface area contributed by atoms with Crippen molar-refractivity contribution in [2.45, 2.75) is 47.6 Å². The molecule has 0 fully saturated rings. The molecule has 0 amide bonds. The molecule has 0 saturated heterocycles. The first kappa shape index (κ1) is 19.1. The lowest BCUT2D eigenvalue weighted by Gasteiger charge is -2.01. The second-order valence-corrected chi connectivity index (χ2v) is 5.41. The van der Waals surface area contributed by atoms with Gasteiger partial charge in [-0.3, -0.25) is 4.79 Å². The van der Waals surface area contributed by atoms with Crippen LogP contribution in [-0.2, 0) is 6.54 Å². The van der Waals surface area contributed by atoms with Gasteiger partial charge in [0.15, 0.2) is 0 Å². The maximum Gasteiger partial charge on any atom is 0.270 e. The van der Waals surface area contributed by atoms with E-state index in [4.69, 9.17) is 0 Å². The smallest absolute Gasteiger partial charge is 0.270 e. The van der Waals surface area contributed by atoms with Crippen molar-refractivity contribution in [1.29, 1.82) is 0 Å². The molecule has 3 aromatic rings. The van der Waals surface area contributed by atoms with Gasteiger partial charge in [0, 0.05) is 18.3 Å². The summed E-state index contributed by atoms with van der Waals surface area (Å²) < 4.78 is 2.50. The highest BCUT2D eigenvalue weighted by molar-refractivity contribution is 7.21. The summed E-state index contributed by atoms with van der Waals surface area (Å²) in [6.45, 7) is 10.8. The lowest BCUT2D eigenvalue weighted by Crippen LogP contribution is -2.18. The molecule has 2 aromatic heterocycles. The van der Waals surface area contributed by atoms with Gasteiger partial charge in [-0.1, -0.05) is 65.0 Å². The van der Waals surface area contributed by atoms with Gasteiger partial charge in [-0.25, -0.2) is 4.98 Å². The molecule has 0 N–H and O–H groups in total. The molecule has 0 radical (unpaired) electrons. The summed E-state index contributed by atoms with van der Waals surface area (Å²) in [4.78, 5) is 16.8. The summed E-state index contributed by atoms with van der Waals surface area (Å²) >= 11 is 1.47. The quantitative estimate of drug-likeness (QED) is 0.627. The summed E-state index contributed by atoms with van der Waals surface area (Å²) in [5.41, 5.74) is 1.92. The van der Waals surface area contributed by atoms with Gasteiger partial charge >= 0.3 is 0 Å². The molecular weight excluding hydrogens is 304 g/mol. The third-order valence-electron chi connectivity index (χ3n) is 3.01. The van der Waals surface area contributed by atoms with E-state index in [2.05, 4.69) is 11.9 Å². The number of benzene rings is 1. The molecule has 0 aliphatic rings. The van der Waals surface area contributed by atoms with Gasteiger partial charge in [0.05, 0.1) is 5.52 Å². The van der Waals surface area contributed by atoms with Crippen LogP contribution in [-0.4, -0.2) is 9.55 Å². The Hall–Kier alpha value is -1.94. The number of fused-ring (bicyclic) bond motifs is 1. The van der Waals surface area contributed by atoms with Crippen molar-refractivity contribution >= 4 is 21.6 Å². The van der Waals surface area contributed by atoms with E-state index in [1.165, 1.54) is 11.3 Å². The Balaban J connectivity index is 0.000000615. The first-order valence-corrected chi connectivity index (χ1v) is 9.16. The predicted octanol–water partition coefficient (Wildman–Crippen LogP) is 5.59. The molecular formula is C19H26N2OS. The number of aryl methyl sites for hydroxylation is 1. The van der Waals surface area contributed by atoms with Gasteiger partial charge in [-0.2, -0.15) is 0 Å². The average molecular weight is 330 g/mol.